The monoisotopic (exact) mass is 273 g/mol. The quantitative estimate of drug-likeness (QED) is 0.311. The molecule has 0 saturated heterocycles. The highest BCUT2D eigenvalue weighted by Gasteiger charge is 2.26. The maximum absolute atomic E-state index is 11.8. The number of nitrogens with zero attached hydrogens (tertiary/aromatic N) is 2. The van der Waals surface area contributed by atoms with Crippen LogP contribution in [0.5, 0.6) is 0 Å². The van der Waals surface area contributed by atoms with E-state index in [0.29, 0.717) is 12.0 Å². The molecule has 6 nitrogen and oxygen atoms in total. The predicted molar refractivity (Wildman–Crippen MR) is 79.4 cm³/mol. The summed E-state index contributed by atoms with van der Waals surface area (Å²) in [5.74, 6) is 6.14. The van der Waals surface area contributed by atoms with Crippen LogP contribution in [0.4, 0.5) is 11.4 Å². The third-order valence-electron chi connectivity index (χ3n) is 3.78. The fourth-order valence-electron chi connectivity index (χ4n) is 2.81. The highest BCUT2D eigenvalue weighted by atomic mass is 16.2. The van der Waals surface area contributed by atoms with E-state index in [0.717, 1.165) is 24.2 Å². The fraction of sp³-hybridized carbons (Fsp3) is 0.429. The maximum atomic E-state index is 11.8. The van der Waals surface area contributed by atoms with Crippen molar-refractivity contribution in [3.63, 3.8) is 0 Å². The third-order valence-corrected chi connectivity index (χ3v) is 3.78. The number of carbonyl (C=O) groups excluding carboxylic acids is 1. The highest BCUT2D eigenvalue weighted by Crippen LogP contribution is 2.29. The summed E-state index contributed by atoms with van der Waals surface area (Å²) < 4.78 is 0. The number of guanidine groups is 1. The number of carbonyl (C=O) groups is 1. The first-order chi connectivity index (χ1) is 9.78. The molecule has 0 atom stereocenters. The number of rotatable bonds is 1. The van der Waals surface area contributed by atoms with Gasteiger partial charge in [0.05, 0.1) is 17.4 Å². The molecule has 4 N–H and O–H groups in total. The molecule has 6 heteroatoms. The topological polar surface area (TPSA) is 82.8 Å². The molecule has 1 aliphatic heterocycles. The van der Waals surface area contributed by atoms with Crippen LogP contribution in [-0.2, 0) is 4.79 Å². The van der Waals surface area contributed by atoms with Gasteiger partial charge in [-0.2, -0.15) is 0 Å². The molecule has 20 heavy (non-hydrogen) atoms. The minimum Gasteiger partial charge on any atom is -0.323 e. The third kappa shape index (κ3) is 2.46. The number of hydrogen-bond donors (Lipinski definition) is 3. The Morgan fingerprint density at radius 2 is 2.10 bits per heavy atom. The van der Waals surface area contributed by atoms with E-state index in [2.05, 4.69) is 15.7 Å². The molecule has 1 aromatic rings. The number of amides is 1. The summed E-state index contributed by atoms with van der Waals surface area (Å²) in [6, 6.07) is 7.97. The second-order valence-corrected chi connectivity index (χ2v) is 5.19. The van der Waals surface area contributed by atoms with Crippen molar-refractivity contribution in [3.8, 4) is 0 Å². The molecular weight excluding hydrogens is 254 g/mol. The van der Waals surface area contributed by atoms with Crippen molar-refractivity contribution in [1.82, 2.24) is 5.43 Å². The summed E-state index contributed by atoms with van der Waals surface area (Å²) in [6.45, 7) is 0.229. The Morgan fingerprint density at radius 3 is 2.85 bits per heavy atom. The lowest BCUT2D eigenvalue weighted by Gasteiger charge is -2.31. The number of benzene rings is 1. The lowest BCUT2D eigenvalue weighted by atomic mass is 10.2. The lowest BCUT2D eigenvalue weighted by molar-refractivity contribution is -0.115. The molecule has 3 rings (SSSR count). The second kappa shape index (κ2) is 5.50. The van der Waals surface area contributed by atoms with E-state index in [1.54, 1.807) is 0 Å². The van der Waals surface area contributed by atoms with Crippen LogP contribution in [0.2, 0.25) is 0 Å². The number of fused-ring (bicyclic) bond motifs is 1. The Morgan fingerprint density at radius 1 is 1.35 bits per heavy atom. The van der Waals surface area contributed by atoms with Crippen LogP contribution in [0.15, 0.2) is 29.3 Å². The Hall–Kier alpha value is -2.08. The van der Waals surface area contributed by atoms with Gasteiger partial charge < -0.3 is 10.2 Å². The molecule has 1 amide bonds. The molecule has 1 aliphatic carbocycles. The second-order valence-electron chi connectivity index (χ2n) is 5.19. The van der Waals surface area contributed by atoms with Crippen LogP contribution < -0.4 is 21.5 Å². The average Bonchev–Trinajstić information content (AvgIpc) is 2.97. The van der Waals surface area contributed by atoms with E-state index in [1.807, 2.05) is 29.2 Å². The maximum Gasteiger partial charge on any atom is 0.244 e. The Labute approximate surface area is 118 Å². The van der Waals surface area contributed by atoms with Crippen molar-refractivity contribution >= 4 is 23.2 Å². The number of hydrazine groups is 1. The van der Waals surface area contributed by atoms with Gasteiger partial charge in [0.25, 0.3) is 0 Å². The summed E-state index contributed by atoms with van der Waals surface area (Å²) in [6.07, 6.45) is 4.60. The number of para-hydroxylation sites is 2. The summed E-state index contributed by atoms with van der Waals surface area (Å²) in [7, 11) is 0. The fourth-order valence-corrected chi connectivity index (χ4v) is 2.81. The van der Waals surface area contributed by atoms with Gasteiger partial charge >= 0.3 is 0 Å². The standard InChI is InChI=1S/C14H19N5O/c15-18-14(16-10-5-1-2-6-10)19-9-13(20)17-11-7-3-4-8-12(11)19/h3-4,7-8,10H,1-2,5-6,9,15H2,(H,16,18)(H,17,20). The van der Waals surface area contributed by atoms with E-state index in [1.165, 1.54) is 12.8 Å². The van der Waals surface area contributed by atoms with Crippen LogP contribution in [0.3, 0.4) is 0 Å². The van der Waals surface area contributed by atoms with Gasteiger partial charge in [0.1, 0.15) is 6.54 Å². The van der Waals surface area contributed by atoms with Crippen LogP contribution in [-0.4, -0.2) is 24.5 Å². The Kier molecular flexibility index (Phi) is 3.56. The SMILES string of the molecule is NNC(=NC1CCCC1)N1CC(=O)Nc2ccccc21. The van der Waals surface area contributed by atoms with Crippen LogP contribution in [0, 0.1) is 0 Å². The van der Waals surface area contributed by atoms with Gasteiger partial charge in [0.15, 0.2) is 0 Å². The molecule has 0 radical (unpaired) electrons. The zero-order chi connectivity index (χ0) is 13.9. The van der Waals surface area contributed by atoms with Crippen LogP contribution >= 0.6 is 0 Å². The van der Waals surface area contributed by atoms with Gasteiger partial charge in [-0.1, -0.05) is 25.0 Å². The average molecular weight is 273 g/mol. The van der Waals surface area contributed by atoms with Gasteiger partial charge in [-0.3, -0.25) is 10.2 Å². The Bertz CT molecular complexity index is 536. The number of nitrogens with one attached hydrogen (secondary N) is 2. The van der Waals surface area contributed by atoms with E-state index in [4.69, 9.17) is 5.84 Å². The van der Waals surface area contributed by atoms with Gasteiger partial charge in [-0.15, -0.1) is 0 Å². The lowest BCUT2D eigenvalue weighted by Crippen LogP contribution is -2.50. The van der Waals surface area contributed by atoms with Crippen molar-refractivity contribution in [3.05, 3.63) is 24.3 Å². The Balaban J connectivity index is 1.93. The van der Waals surface area contributed by atoms with Crippen LogP contribution in [0.1, 0.15) is 25.7 Å². The highest BCUT2D eigenvalue weighted by molar-refractivity contribution is 6.10. The predicted octanol–water partition coefficient (Wildman–Crippen LogP) is 1.21. The smallest absolute Gasteiger partial charge is 0.244 e. The molecular formula is C14H19N5O. The first-order valence-corrected chi connectivity index (χ1v) is 6.99. The van der Waals surface area contributed by atoms with E-state index >= 15 is 0 Å². The minimum absolute atomic E-state index is 0.0573. The number of aliphatic imine (C=N–C) groups is 1. The molecule has 106 valence electrons. The number of anilines is 2. The minimum atomic E-state index is -0.0573. The summed E-state index contributed by atoms with van der Waals surface area (Å²) >= 11 is 0. The zero-order valence-corrected chi connectivity index (χ0v) is 11.3. The molecule has 1 heterocycles. The summed E-state index contributed by atoms with van der Waals surface area (Å²) in [5, 5.41) is 2.86. The van der Waals surface area contributed by atoms with Crippen LogP contribution in [0.25, 0.3) is 0 Å². The summed E-state index contributed by atoms with van der Waals surface area (Å²) in [4.78, 5) is 18.3. The van der Waals surface area contributed by atoms with Crippen molar-refractivity contribution in [1.29, 1.82) is 0 Å². The molecule has 1 aromatic carbocycles. The molecule has 0 spiro atoms. The largest absolute Gasteiger partial charge is 0.323 e. The molecule has 1 saturated carbocycles. The van der Waals surface area contributed by atoms with Gasteiger partial charge in [-0.05, 0) is 25.0 Å². The number of hydrogen-bond acceptors (Lipinski definition) is 3. The normalized spacial score (nSPS) is 19.8. The zero-order valence-electron chi connectivity index (χ0n) is 11.3. The van der Waals surface area contributed by atoms with E-state index in [-0.39, 0.29) is 12.5 Å². The van der Waals surface area contributed by atoms with E-state index in [9.17, 15) is 4.79 Å². The first-order valence-electron chi connectivity index (χ1n) is 6.99. The molecule has 2 aliphatic rings. The molecule has 0 bridgehead atoms. The molecule has 1 fully saturated rings. The van der Waals surface area contributed by atoms with Gasteiger partial charge in [0, 0.05) is 0 Å². The van der Waals surface area contributed by atoms with E-state index < -0.39 is 0 Å². The molecule has 0 aromatic heterocycles. The van der Waals surface area contributed by atoms with Crippen molar-refractivity contribution in [2.24, 2.45) is 10.8 Å². The van der Waals surface area contributed by atoms with Gasteiger partial charge in [0.2, 0.25) is 11.9 Å². The van der Waals surface area contributed by atoms with Crippen molar-refractivity contribution in [2.75, 3.05) is 16.8 Å². The summed E-state index contributed by atoms with van der Waals surface area (Å²) in [5.41, 5.74) is 4.36. The van der Waals surface area contributed by atoms with Crippen molar-refractivity contribution < 1.29 is 4.79 Å². The first kappa shape index (κ1) is 12.9. The number of nitrogens with two attached hydrogens (primary N) is 1. The van der Waals surface area contributed by atoms with Crippen molar-refractivity contribution in [2.45, 2.75) is 31.7 Å². The molecule has 0 unspecified atom stereocenters. The van der Waals surface area contributed by atoms with Gasteiger partial charge in [-0.25, -0.2) is 10.8 Å².